The Kier molecular flexibility index (Phi) is 4.18. The van der Waals surface area contributed by atoms with Gasteiger partial charge in [-0.05, 0) is 12.5 Å². The molecule has 3 N–H and O–H groups in total. The van der Waals surface area contributed by atoms with E-state index in [9.17, 15) is 8.78 Å². The molecule has 7 heteroatoms. The smallest absolute Gasteiger partial charge is 0.131 e. The van der Waals surface area contributed by atoms with Crippen molar-refractivity contribution in [1.29, 1.82) is 0 Å². The van der Waals surface area contributed by atoms with Gasteiger partial charge in [0.15, 0.2) is 0 Å². The molecule has 1 aromatic heterocycles. The van der Waals surface area contributed by atoms with Crippen LogP contribution < -0.4 is 11.3 Å². The number of hydrogen-bond acceptors (Lipinski definition) is 4. The molecule has 1 unspecified atom stereocenters. The molecule has 0 spiro atoms. The Bertz CT molecular complexity index is 555. The molecule has 0 amide bonds. The third-order valence-electron chi connectivity index (χ3n) is 2.82. The summed E-state index contributed by atoms with van der Waals surface area (Å²) >= 11 is 0. The van der Waals surface area contributed by atoms with Gasteiger partial charge in [-0.15, -0.1) is 5.10 Å². The van der Waals surface area contributed by atoms with Crippen molar-refractivity contribution in [2.24, 2.45) is 5.84 Å². The summed E-state index contributed by atoms with van der Waals surface area (Å²) in [4.78, 5) is 0. The second kappa shape index (κ2) is 5.85. The quantitative estimate of drug-likeness (QED) is 0.636. The van der Waals surface area contributed by atoms with E-state index in [2.05, 4.69) is 15.7 Å². The monoisotopic (exact) mass is 267 g/mol. The average molecular weight is 267 g/mol. The minimum Gasteiger partial charge on any atom is -0.271 e. The highest BCUT2D eigenvalue weighted by molar-refractivity contribution is 5.28. The Balaban J connectivity index is 2.41. The van der Waals surface area contributed by atoms with Crippen molar-refractivity contribution in [3.8, 4) is 0 Å². The third-order valence-corrected chi connectivity index (χ3v) is 2.82. The molecular weight excluding hydrogens is 252 g/mol. The van der Waals surface area contributed by atoms with Crippen LogP contribution in [0.4, 0.5) is 8.78 Å². The first-order valence-corrected chi connectivity index (χ1v) is 5.96. The second-order valence-electron chi connectivity index (χ2n) is 4.15. The topological polar surface area (TPSA) is 68.8 Å². The van der Waals surface area contributed by atoms with Gasteiger partial charge in [-0.25, -0.2) is 18.9 Å². The fourth-order valence-corrected chi connectivity index (χ4v) is 1.94. The van der Waals surface area contributed by atoms with Crippen molar-refractivity contribution >= 4 is 0 Å². The van der Waals surface area contributed by atoms with Crippen LogP contribution in [0.5, 0.6) is 0 Å². The molecule has 0 radical (unpaired) electrons. The first-order chi connectivity index (χ1) is 9.17. The number of benzene rings is 1. The van der Waals surface area contributed by atoms with Crippen LogP contribution in [0.25, 0.3) is 0 Å². The Morgan fingerprint density at radius 3 is 2.84 bits per heavy atom. The van der Waals surface area contributed by atoms with Gasteiger partial charge >= 0.3 is 0 Å². The number of rotatable bonds is 5. The number of aromatic nitrogens is 3. The summed E-state index contributed by atoms with van der Waals surface area (Å²) in [6.45, 7) is 2.64. The summed E-state index contributed by atoms with van der Waals surface area (Å²) in [6.07, 6.45) is 2.38. The maximum Gasteiger partial charge on any atom is 0.131 e. The summed E-state index contributed by atoms with van der Waals surface area (Å²) < 4.78 is 28.4. The van der Waals surface area contributed by atoms with Crippen molar-refractivity contribution in [3.63, 3.8) is 0 Å². The van der Waals surface area contributed by atoms with E-state index in [0.717, 1.165) is 12.5 Å². The summed E-state index contributed by atoms with van der Waals surface area (Å²) in [7, 11) is 0. The van der Waals surface area contributed by atoms with Crippen molar-refractivity contribution in [2.45, 2.75) is 25.9 Å². The van der Waals surface area contributed by atoms with Crippen LogP contribution in [0.1, 0.15) is 30.6 Å². The van der Waals surface area contributed by atoms with Gasteiger partial charge in [0.25, 0.3) is 0 Å². The van der Waals surface area contributed by atoms with Gasteiger partial charge in [-0.1, -0.05) is 18.2 Å². The highest BCUT2D eigenvalue weighted by Gasteiger charge is 2.21. The predicted octanol–water partition coefficient (Wildman–Crippen LogP) is 1.52. The zero-order valence-electron chi connectivity index (χ0n) is 10.5. The lowest BCUT2D eigenvalue weighted by atomic mass is 10.0. The summed E-state index contributed by atoms with van der Waals surface area (Å²) in [5.41, 5.74) is 3.40. The van der Waals surface area contributed by atoms with E-state index < -0.39 is 17.7 Å². The van der Waals surface area contributed by atoms with Crippen LogP contribution in [0, 0.1) is 11.6 Å². The van der Waals surface area contributed by atoms with Gasteiger partial charge in [-0.2, -0.15) is 0 Å². The number of hydrogen-bond donors (Lipinski definition) is 2. The molecule has 0 aliphatic heterocycles. The fraction of sp³-hybridized carbons (Fsp3) is 0.333. The number of hydrazine groups is 1. The maximum absolute atomic E-state index is 13.8. The highest BCUT2D eigenvalue weighted by atomic mass is 19.1. The number of halogens is 2. The van der Waals surface area contributed by atoms with Crippen molar-refractivity contribution < 1.29 is 8.78 Å². The van der Waals surface area contributed by atoms with Crippen LogP contribution >= 0.6 is 0 Å². The Morgan fingerprint density at radius 2 is 2.21 bits per heavy atom. The molecule has 5 nitrogen and oxygen atoms in total. The first kappa shape index (κ1) is 13.6. The van der Waals surface area contributed by atoms with Gasteiger partial charge in [0, 0.05) is 18.2 Å². The molecule has 1 aromatic carbocycles. The summed E-state index contributed by atoms with van der Waals surface area (Å²) in [6, 6.07) is 2.75. The number of nitrogens with two attached hydrogens (primary N) is 1. The molecule has 2 rings (SSSR count). The molecule has 1 atom stereocenters. The molecule has 0 saturated heterocycles. The van der Waals surface area contributed by atoms with Gasteiger partial charge in [-0.3, -0.25) is 5.84 Å². The lowest BCUT2D eigenvalue weighted by molar-refractivity contribution is 0.492. The molecule has 0 bridgehead atoms. The number of aryl methyl sites for hydroxylation is 1. The van der Waals surface area contributed by atoms with E-state index in [4.69, 9.17) is 5.84 Å². The van der Waals surface area contributed by atoms with E-state index in [1.165, 1.54) is 18.3 Å². The summed E-state index contributed by atoms with van der Waals surface area (Å²) in [5.74, 6) is 4.20. The van der Waals surface area contributed by atoms with Crippen LogP contribution in [0.3, 0.4) is 0 Å². The third kappa shape index (κ3) is 2.77. The van der Waals surface area contributed by atoms with Crippen molar-refractivity contribution in [1.82, 2.24) is 20.4 Å². The number of nitrogens with one attached hydrogen (secondary N) is 1. The minimum atomic E-state index is -0.660. The Hall–Kier alpha value is -1.86. The van der Waals surface area contributed by atoms with Gasteiger partial charge in [0.2, 0.25) is 0 Å². The van der Waals surface area contributed by atoms with Crippen LogP contribution in [0.15, 0.2) is 24.4 Å². The number of nitrogens with zero attached hydrogens (tertiary/aromatic N) is 3. The SMILES string of the molecule is CCCn1nncc1C(NN)c1ccc(F)cc1F. The summed E-state index contributed by atoms with van der Waals surface area (Å²) in [5, 5.41) is 7.73. The fourth-order valence-electron chi connectivity index (χ4n) is 1.94. The molecule has 102 valence electrons. The molecule has 0 fully saturated rings. The van der Waals surface area contributed by atoms with Crippen LogP contribution in [-0.4, -0.2) is 15.0 Å². The molecule has 0 aliphatic carbocycles. The highest BCUT2D eigenvalue weighted by Crippen LogP contribution is 2.23. The van der Waals surface area contributed by atoms with Crippen molar-refractivity contribution in [2.75, 3.05) is 0 Å². The first-order valence-electron chi connectivity index (χ1n) is 5.96. The predicted molar refractivity (Wildman–Crippen MR) is 65.8 cm³/mol. The van der Waals surface area contributed by atoms with Crippen molar-refractivity contribution in [3.05, 3.63) is 47.3 Å². The van der Waals surface area contributed by atoms with E-state index >= 15 is 0 Å². The van der Waals surface area contributed by atoms with E-state index in [1.807, 2.05) is 6.92 Å². The van der Waals surface area contributed by atoms with E-state index in [0.29, 0.717) is 12.2 Å². The molecule has 2 aromatic rings. The average Bonchev–Trinajstić information content (AvgIpc) is 2.82. The largest absolute Gasteiger partial charge is 0.271 e. The lowest BCUT2D eigenvalue weighted by Crippen LogP contribution is -2.31. The van der Waals surface area contributed by atoms with Crippen LogP contribution in [-0.2, 0) is 6.54 Å². The normalized spacial score (nSPS) is 12.6. The van der Waals surface area contributed by atoms with Crippen LogP contribution in [0.2, 0.25) is 0 Å². The Labute approximate surface area is 109 Å². The molecule has 0 saturated carbocycles. The standard InChI is InChI=1S/C12H15F2N5/c1-2-5-19-11(7-16-18-19)12(17-15)9-4-3-8(13)6-10(9)14/h3-4,6-7,12,17H,2,5,15H2,1H3. The van der Waals surface area contributed by atoms with E-state index in [1.54, 1.807) is 4.68 Å². The molecular formula is C12H15F2N5. The Morgan fingerprint density at radius 1 is 1.42 bits per heavy atom. The van der Waals surface area contributed by atoms with Gasteiger partial charge in [0.05, 0.1) is 17.9 Å². The van der Waals surface area contributed by atoms with Gasteiger partial charge in [0.1, 0.15) is 11.6 Å². The van der Waals surface area contributed by atoms with Gasteiger partial charge < -0.3 is 0 Å². The molecule has 1 heterocycles. The second-order valence-corrected chi connectivity index (χ2v) is 4.15. The maximum atomic E-state index is 13.8. The molecule has 19 heavy (non-hydrogen) atoms. The minimum absolute atomic E-state index is 0.253. The van der Waals surface area contributed by atoms with E-state index in [-0.39, 0.29) is 5.56 Å². The zero-order valence-corrected chi connectivity index (χ0v) is 10.5. The lowest BCUT2D eigenvalue weighted by Gasteiger charge is -2.17. The zero-order chi connectivity index (χ0) is 13.8. The molecule has 0 aliphatic rings.